The van der Waals surface area contributed by atoms with Crippen molar-refractivity contribution in [3.05, 3.63) is 65.4 Å². The highest BCUT2D eigenvalue weighted by molar-refractivity contribution is 5.94. The first kappa shape index (κ1) is 21.9. The zero-order chi connectivity index (χ0) is 23.5. The van der Waals surface area contributed by atoms with Crippen LogP contribution in [0.15, 0.2) is 59.1 Å². The van der Waals surface area contributed by atoms with Crippen molar-refractivity contribution >= 4 is 40.8 Å². The van der Waals surface area contributed by atoms with Gasteiger partial charge < -0.3 is 16.0 Å². The Bertz CT molecular complexity index is 1340. The molecule has 3 heterocycles. The van der Waals surface area contributed by atoms with Crippen molar-refractivity contribution in [2.45, 2.75) is 25.6 Å². The van der Waals surface area contributed by atoms with E-state index < -0.39 is 18.1 Å². The fourth-order valence-corrected chi connectivity index (χ4v) is 3.24. The molecule has 11 heteroatoms. The number of carbonyl (C=O) groups excluding carboxylic acids is 1. The van der Waals surface area contributed by atoms with Crippen LogP contribution in [0.5, 0.6) is 0 Å². The molecule has 170 valence electrons. The average Bonchev–Trinajstić information content (AvgIpc) is 3.32. The van der Waals surface area contributed by atoms with Crippen LogP contribution in [0.4, 0.5) is 21.6 Å². The minimum atomic E-state index is -1.02. The Morgan fingerprint density at radius 3 is 2.85 bits per heavy atom. The molecule has 33 heavy (non-hydrogen) atoms. The van der Waals surface area contributed by atoms with Crippen LogP contribution in [0.2, 0.25) is 0 Å². The van der Waals surface area contributed by atoms with Crippen molar-refractivity contribution in [1.82, 2.24) is 24.5 Å². The van der Waals surface area contributed by atoms with E-state index in [1.54, 1.807) is 44.4 Å². The lowest BCUT2D eigenvalue weighted by Gasteiger charge is -2.12. The summed E-state index contributed by atoms with van der Waals surface area (Å²) in [6.45, 7) is 5.36. The fraction of sp³-hybridized carbons (Fsp3) is 0.227. The number of halogens is 1. The van der Waals surface area contributed by atoms with Crippen LogP contribution in [0.1, 0.15) is 23.8 Å². The smallest absolute Gasteiger partial charge is 0.279 e. The predicted octanol–water partition coefficient (Wildman–Crippen LogP) is 2.59. The van der Waals surface area contributed by atoms with Gasteiger partial charge in [-0.15, -0.1) is 5.10 Å². The molecule has 0 spiro atoms. The normalized spacial score (nSPS) is 17.8. The summed E-state index contributed by atoms with van der Waals surface area (Å²) in [7, 11) is 1.71. The highest BCUT2D eigenvalue weighted by atomic mass is 19.1. The molecule has 1 aliphatic rings. The summed E-state index contributed by atoms with van der Waals surface area (Å²) in [4.78, 5) is 34.1. The van der Waals surface area contributed by atoms with Crippen molar-refractivity contribution < 1.29 is 9.18 Å². The third-order valence-corrected chi connectivity index (χ3v) is 5.03. The molecular formula is C22H23FN8O2. The number of hydrogen-bond donors (Lipinski definition) is 3. The van der Waals surface area contributed by atoms with Gasteiger partial charge in [0.25, 0.3) is 11.5 Å². The van der Waals surface area contributed by atoms with E-state index in [-0.39, 0.29) is 16.9 Å². The Morgan fingerprint density at radius 1 is 1.39 bits per heavy atom. The van der Waals surface area contributed by atoms with E-state index in [4.69, 9.17) is 0 Å². The number of aromatic nitrogens is 4. The van der Waals surface area contributed by atoms with E-state index in [2.05, 4.69) is 37.6 Å². The number of hydrogen-bond acceptors (Lipinski definition) is 7. The summed E-state index contributed by atoms with van der Waals surface area (Å²) in [6.07, 6.45) is 6.98. The number of allylic oxidation sites excluding steroid dienone is 2. The maximum absolute atomic E-state index is 13.2. The number of rotatable bonds is 8. The second kappa shape index (κ2) is 9.07. The maximum Gasteiger partial charge on any atom is 0.279 e. The number of pyridine rings is 1. The number of anilines is 3. The number of imidazole rings is 1. The molecule has 1 amide bonds. The first-order chi connectivity index (χ1) is 16.0. The summed E-state index contributed by atoms with van der Waals surface area (Å²) in [5, 5.41) is 13.1. The largest absolute Gasteiger partial charge is 0.385 e. The van der Waals surface area contributed by atoms with E-state index in [1.807, 2.05) is 0 Å². The number of nitrogens with one attached hydrogen (secondary N) is 3. The first-order valence-electron chi connectivity index (χ1n) is 10.3. The fourth-order valence-electron chi connectivity index (χ4n) is 3.24. The second-order valence-corrected chi connectivity index (χ2v) is 7.29. The van der Waals surface area contributed by atoms with Gasteiger partial charge in [0.05, 0.1) is 17.9 Å². The second-order valence-electron chi connectivity index (χ2n) is 7.29. The lowest BCUT2D eigenvalue weighted by molar-refractivity contribution is 0.0940. The molecule has 1 fully saturated rings. The summed E-state index contributed by atoms with van der Waals surface area (Å²) in [5.41, 5.74) is 1.07. The van der Waals surface area contributed by atoms with Crippen LogP contribution < -0.4 is 21.5 Å². The molecule has 3 aromatic heterocycles. The van der Waals surface area contributed by atoms with E-state index in [1.165, 1.54) is 27.6 Å². The number of alkyl halides is 1. The molecule has 2 atom stereocenters. The third kappa shape index (κ3) is 4.38. The number of nitrogens with zero attached hydrogens (tertiary/aromatic N) is 5. The molecule has 0 bridgehead atoms. The van der Waals surface area contributed by atoms with Gasteiger partial charge in [0, 0.05) is 31.9 Å². The van der Waals surface area contributed by atoms with Crippen LogP contribution in [0.25, 0.3) is 11.5 Å². The quantitative estimate of drug-likeness (QED) is 0.454. The van der Waals surface area contributed by atoms with Gasteiger partial charge in [-0.2, -0.15) is 0 Å². The van der Waals surface area contributed by atoms with Gasteiger partial charge in [-0.25, -0.2) is 18.9 Å². The molecule has 3 N–H and O–H groups in total. The predicted molar refractivity (Wildman–Crippen MR) is 126 cm³/mol. The SMILES string of the molecule is C=CC=N/C(=C\C)n1cccc(Nc2cc(NC)c3ncc(C(=O)NC4CC4F)n3n2)c1=O. The summed E-state index contributed by atoms with van der Waals surface area (Å²) < 4.78 is 16.0. The minimum Gasteiger partial charge on any atom is -0.385 e. The van der Waals surface area contributed by atoms with Crippen molar-refractivity contribution in [2.24, 2.45) is 4.99 Å². The topological polar surface area (TPSA) is 118 Å². The van der Waals surface area contributed by atoms with Gasteiger partial charge in [0.1, 0.15) is 17.7 Å². The van der Waals surface area contributed by atoms with Crippen LogP contribution in [0.3, 0.4) is 0 Å². The van der Waals surface area contributed by atoms with Gasteiger partial charge >= 0.3 is 0 Å². The lowest BCUT2D eigenvalue weighted by Crippen LogP contribution is -2.28. The zero-order valence-electron chi connectivity index (χ0n) is 18.1. The third-order valence-electron chi connectivity index (χ3n) is 5.03. The molecule has 2 unspecified atom stereocenters. The Balaban J connectivity index is 1.70. The number of aliphatic imine (C=N–C) groups is 1. The highest BCUT2D eigenvalue weighted by Crippen LogP contribution is 2.26. The van der Waals surface area contributed by atoms with Crippen molar-refractivity contribution in [1.29, 1.82) is 0 Å². The summed E-state index contributed by atoms with van der Waals surface area (Å²) >= 11 is 0. The highest BCUT2D eigenvalue weighted by Gasteiger charge is 2.39. The monoisotopic (exact) mass is 450 g/mol. The van der Waals surface area contributed by atoms with Crippen molar-refractivity contribution in [3.63, 3.8) is 0 Å². The molecule has 1 saturated carbocycles. The van der Waals surface area contributed by atoms with Crippen LogP contribution in [-0.2, 0) is 0 Å². The Hall–Kier alpha value is -4.28. The molecule has 0 radical (unpaired) electrons. The van der Waals surface area contributed by atoms with Gasteiger partial charge in [0.15, 0.2) is 17.2 Å². The number of fused-ring (bicyclic) bond motifs is 1. The Labute approximate surface area is 188 Å². The molecule has 0 aliphatic heterocycles. The van der Waals surface area contributed by atoms with E-state index in [0.717, 1.165) is 0 Å². The van der Waals surface area contributed by atoms with Gasteiger partial charge in [-0.05, 0) is 25.1 Å². The summed E-state index contributed by atoms with van der Waals surface area (Å²) in [6, 6.07) is 4.50. The van der Waals surface area contributed by atoms with Crippen molar-refractivity contribution in [2.75, 3.05) is 17.7 Å². The van der Waals surface area contributed by atoms with Crippen LogP contribution in [-0.4, -0.2) is 50.5 Å². The van der Waals surface area contributed by atoms with Gasteiger partial charge in [-0.1, -0.05) is 12.7 Å². The number of amides is 1. The molecule has 4 rings (SSSR count). The standard InChI is InChI=1S/C22H23FN8O2/c1-4-8-25-19(5-2)30-9-6-7-14(22(30)33)27-18-11-16(24-3)20-26-12-17(31(20)29-18)21(32)28-15-10-13(15)23/h4-9,11-13,15,24H,1,10H2,2-3H3,(H,27,29)(H,28,32)/b19-5+,25-8?. The van der Waals surface area contributed by atoms with Crippen molar-refractivity contribution in [3.8, 4) is 0 Å². The Kier molecular flexibility index (Phi) is 6.03. The zero-order valence-corrected chi connectivity index (χ0v) is 18.1. The van der Waals surface area contributed by atoms with Gasteiger partial charge in [0.2, 0.25) is 0 Å². The van der Waals surface area contributed by atoms with Gasteiger partial charge in [-0.3, -0.25) is 14.2 Å². The maximum atomic E-state index is 13.2. The van der Waals surface area contributed by atoms with E-state index in [0.29, 0.717) is 29.4 Å². The Morgan fingerprint density at radius 2 is 2.18 bits per heavy atom. The van der Waals surface area contributed by atoms with Crippen LogP contribution >= 0.6 is 0 Å². The molecule has 10 nitrogen and oxygen atoms in total. The van der Waals surface area contributed by atoms with E-state index in [9.17, 15) is 14.0 Å². The first-order valence-corrected chi connectivity index (χ1v) is 10.3. The minimum absolute atomic E-state index is 0.157. The van der Waals surface area contributed by atoms with E-state index >= 15 is 0 Å². The molecular weight excluding hydrogens is 427 g/mol. The molecule has 0 aromatic carbocycles. The molecule has 0 saturated heterocycles. The number of carbonyl (C=O) groups is 1. The summed E-state index contributed by atoms with van der Waals surface area (Å²) in [5.74, 6) is 0.266. The lowest BCUT2D eigenvalue weighted by atomic mass is 10.3. The molecule has 1 aliphatic carbocycles. The molecule has 3 aromatic rings. The van der Waals surface area contributed by atoms with Crippen LogP contribution in [0, 0.1) is 0 Å². The average molecular weight is 450 g/mol.